The van der Waals surface area contributed by atoms with E-state index in [0.717, 1.165) is 33.6 Å². The molecule has 0 aliphatic rings. The topological polar surface area (TPSA) is 29.3 Å². The van der Waals surface area contributed by atoms with E-state index in [1.807, 2.05) is 0 Å². The van der Waals surface area contributed by atoms with Crippen molar-refractivity contribution in [1.29, 1.82) is 0 Å². The molecule has 2 nitrogen and oxygen atoms in total. The summed E-state index contributed by atoms with van der Waals surface area (Å²) in [4.78, 5) is 2.20. The Morgan fingerprint density at radius 1 is 1.33 bits per heavy atom. The molecular formula is C7H20N2S2Si. The van der Waals surface area contributed by atoms with Crippen LogP contribution in [0.15, 0.2) is 0 Å². The van der Waals surface area contributed by atoms with Crippen LogP contribution in [0, 0.1) is 0 Å². The van der Waals surface area contributed by atoms with Gasteiger partial charge in [0.1, 0.15) is 4.32 Å². The van der Waals surface area contributed by atoms with Gasteiger partial charge in [-0.15, -0.1) is 0 Å². The number of hydrogen-bond donors (Lipinski definition) is 1. The molecule has 0 unspecified atom stereocenters. The first-order valence-electron chi connectivity index (χ1n) is 4.25. The van der Waals surface area contributed by atoms with Crippen molar-refractivity contribution in [2.45, 2.75) is 20.8 Å². The van der Waals surface area contributed by atoms with E-state index in [9.17, 15) is 0 Å². The first kappa shape index (κ1) is 14.9. The summed E-state index contributed by atoms with van der Waals surface area (Å²) < 4.78 is 1.03. The van der Waals surface area contributed by atoms with E-state index in [4.69, 9.17) is 12.2 Å². The van der Waals surface area contributed by atoms with Crippen LogP contribution in [-0.2, 0) is 0 Å². The first-order valence-corrected chi connectivity index (χ1v) is 6.80. The van der Waals surface area contributed by atoms with Crippen LogP contribution >= 0.6 is 24.0 Å². The van der Waals surface area contributed by atoms with E-state index in [-0.39, 0.29) is 0 Å². The molecule has 0 aliphatic heterocycles. The summed E-state index contributed by atoms with van der Waals surface area (Å²) in [5.74, 6) is 1.08. The number of rotatable bonds is 3. The third kappa shape index (κ3) is 7.09. The maximum absolute atomic E-state index is 5.16. The van der Waals surface area contributed by atoms with Gasteiger partial charge in [0.25, 0.3) is 0 Å². The Morgan fingerprint density at radius 2 is 1.75 bits per heavy atom. The predicted octanol–water partition coefficient (Wildman–Crippen LogP) is 0.592. The van der Waals surface area contributed by atoms with E-state index >= 15 is 0 Å². The minimum atomic E-state index is 0.806. The first-order chi connectivity index (χ1) is 5.76. The highest BCUT2D eigenvalue weighted by Gasteiger charge is 2.02. The quantitative estimate of drug-likeness (QED) is 0.561. The third-order valence-electron chi connectivity index (χ3n) is 1.29. The van der Waals surface area contributed by atoms with Crippen molar-refractivity contribution in [2.75, 3.05) is 18.8 Å². The Bertz CT molecular complexity index is 108. The molecule has 0 fully saturated rings. The summed E-state index contributed by atoms with van der Waals surface area (Å²) in [7, 11) is 0.806. The minimum absolute atomic E-state index is 0.806. The fraction of sp³-hybridized carbons (Fsp3) is 0.857. The molecule has 12 heavy (non-hydrogen) atoms. The fourth-order valence-electron chi connectivity index (χ4n) is 0.697. The van der Waals surface area contributed by atoms with Gasteiger partial charge in [0.05, 0.1) is 10.4 Å². The molecule has 0 spiro atoms. The maximum Gasteiger partial charge on any atom is 0.136 e. The maximum atomic E-state index is 5.16. The lowest BCUT2D eigenvalue weighted by Crippen LogP contribution is -2.26. The number of hydrogen-bond acceptors (Lipinski definition) is 3. The molecule has 2 N–H and O–H groups in total. The number of thioether (sulfide) groups is 1. The van der Waals surface area contributed by atoms with E-state index in [1.165, 1.54) is 0 Å². The molecule has 0 rings (SSSR count). The van der Waals surface area contributed by atoms with Crippen LogP contribution < -0.4 is 5.40 Å². The number of thiocarbonyl (C=S) groups is 1. The van der Waals surface area contributed by atoms with Crippen LogP contribution in [-0.4, -0.2) is 38.5 Å². The zero-order valence-corrected chi connectivity index (χ0v) is 12.1. The van der Waals surface area contributed by atoms with E-state index in [1.54, 1.807) is 11.8 Å². The van der Waals surface area contributed by atoms with Gasteiger partial charge in [0, 0.05) is 13.1 Å². The summed E-state index contributed by atoms with van der Waals surface area (Å²) in [5, 5.41) is 4.64. The second-order valence-electron chi connectivity index (χ2n) is 1.87. The molecule has 0 aliphatic carbocycles. The summed E-state index contributed by atoms with van der Waals surface area (Å²) in [6.45, 7) is 8.45. The van der Waals surface area contributed by atoms with Gasteiger partial charge >= 0.3 is 0 Å². The lowest BCUT2D eigenvalue weighted by Gasteiger charge is -2.20. The average Bonchev–Trinajstić information content (AvgIpc) is 2.11. The molecule has 74 valence electrons. The largest absolute Gasteiger partial charge is 0.358 e. The third-order valence-corrected chi connectivity index (χ3v) is 2.70. The monoisotopic (exact) mass is 224 g/mol. The van der Waals surface area contributed by atoms with Crippen LogP contribution in [0.25, 0.3) is 0 Å². The molecule has 0 saturated carbocycles. The highest BCUT2D eigenvalue weighted by Crippen LogP contribution is 2.07. The smallest absolute Gasteiger partial charge is 0.136 e. The molecule has 0 atom stereocenters. The molecule has 0 amide bonds. The Balaban J connectivity index is 0. The van der Waals surface area contributed by atoms with Crippen molar-refractivity contribution in [2.24, 2.45) is 5.40 Å². The summed E-state index contributed by atoms with van der Waals surface area (Å²) in [6.07, 6.45) is 0. The van der Waals surface area contributed by atoms with Gasteiger partial charge in [-0.05, 0) is 19.6 Å². The highest BCUT2D eigenvalue weighted by atomic mass is 32.2. The van der Waals surface area contributed by atoms with E-state index in [2.05, 4.69) is 31.1 Å². The molecule has 0 radical (unpaired) electrons. The lowest BCUT2D eigenvalue weighted by atomic mass is 10.6. The van der Waals surface area contributed by atoms with Crippen LogP contribution in [0.3, 0.4) is 0 Å². The second-order valence-corrected chi connectivity index (χ2v) is 3.77. The molecule has 0 bridgehead atoms. The van der Waals surface area contributed by atoms with Gasteiger partial charge in [0.15, 0.2) is 0 Å². The van der Waals surface area contributed by atoms with Crippen LogP contribution in [0.4, 0.5) is 0 Å². The van der Waals surface area contributed by atoms with E-state index < -0.39 is 0 Å². The molecule has 0 aromatic carbocycles. The molecule has 0 saturated heterocycles. The Hall–Kier alpha value is 0.417. The summed E-state index contributed by atoms with van der Waals surface area (Å²) >= 11 is 6.91. The predicted molar refractivity (Wildman–Crippen MR) is 67.8 cm³/mol. The van der Waals surface area contributed by atoms with Crippen molar-refractivity contribution in [3.05, 3.63) is 0 Å². The molecular weight excluding hydrogens is 204 g/mol. The molecule has 0 aromatic rings. The summed E-state index contributed by atoms with van der Waals surface area (Å²) in [6, 6.07) is 0. The van der Waals surface area contributed by atoms with Crippen molar-refractivity contribution < 1.29 is 0 Å². The van der Waals surface area contributed by atoms with Crippen molar-refractivity contribution in [3.8, 4) is 0 Å². The number of nitrogens with zero attached hydrogens (tertiary/aromatic N) is 1. The standard InChI is InChI=1S/C7H15NS2.H5NSi/c1-4-8(5-2)7(9)10-6-3;1-2/h4-6H2,1-3H3;1H2,2H3. The zero-order valence-electron chi connectivity index (χ0n) is 8.46. The molecule has 5 heteroatoms. The Kier molecular flexibility index (Phi) is 14.2. The Morgan fingerprint density at radius 3 is 2.00 bits per heavy atom. The molecule has 0 heterocycles. The lowest BCUT2D eigenvalue weighted by molar-refractivity contribution is 0.482. The van der Waals surface area contributed by atoms with Gasteiger partial charge < -0.3 is 10.3 Å². The normalized spacial score (nSPS) is 8.67. The van der Waals surface area contributed by atoms with Gasteiger partial charge in [0.2, 0.25) is 0 Å². The Labute approximate surface area is 88.8 Å². The van der Waals surface area contributed by atoms with Gasteiger partial charge in [-0.25, -0.2) is 0 Å². The molecule has 0 aromatic heterocycles. The second kappa shape index (κ2) is 11.4. The zero-order chi connectivity index (χ0) is 9.98. The SMILES string of the molecule is CCSC(=S)N(CC)CC.N[SiH3]. The van der Waals surface area contributed by atoms with E-state index in [0.29, 0.717) is 0 Å². The fourth-order valence-corrected chi connectivity index (χ4v) is 2.00. The van der Waals surface area contributed by atoms with Crippen LogP contribution in [0.1, 0.15) is 20.8 Å². The van der Waals surface area contributed by atoms with Crippen molar-refractivity contribution in [3.63, 3.8) is 0 Å². The van der Waals surface area contributed by atoms with Gasteiger partial charge in [-0.1, -0.05) is 30.9 Å². The van der Waals surface area contributed by atoms with Crippen molar-refractivity contribution in [1.82, 2.24) is 4.90 Å². The van der Waals surface area contributed by atoms with Crippen LogP contribution in [0.5, 0.6) is 0 Å². The summed E-state index contributed by atoms with van der Waals surface area (Å²) in [5.41, 5.74) is 0. The number of nitrogens with two attached hydrogens (primary N) is 1. The van der Waals surface area contributed by atoms with Crippen LogP contribution in [0.2, 0.25) is 0 Å². The van der Waals surface area contributed by atoms with Gasteiger partial charge in [-0.2, -0.15) is 0 Å². The minimum Gasteiger partial charge on any atom is -0.358 e. The highest BCUT2D eigenvalue weighted by molar-refractivity contribution is 8.22. The van der Waals surface area contributed by atoms with Gasteiger partial charge in [-0.3, -0.25) is 0 Å². The van der Waals surface area contributed by atoms with Crippen molar-refractivity contribution >= 4 is 38.7 Å². The average molecular weight is 224 g/mol.